The van der Waals surface area contributed by atoms with Crippen molar-refractivity contribution in [2.45, 2.75) is 12.8 Å². The number of aromatic amines is 1. The maximum absolute atomic E-state index is 11.8. The van der Waals surface area contributed by atoms with Crippen molar-refractivity contribution < 1.29 is 4.79 Å². The van der Waals surface area contributed by atoms with Crippen LogP contribution in [0.3, 0.4) is 0 Å². The summed E-state index contributed by atoms with van der Waals surface area (Å²) in [6, 6.07) is 18.6. The monoisotopic (exact) mass is 276 g/mol. The van der Waals surface area contributed by atoms with E-state index in [2.05, 4.69) is 40.6 Å². The van der Waals surface area contributed by atoms with E-state index in [0.717, 1.165) is 29.9 Å². The Morgan fingerprint density at radius 1 is 1.00 bits per heavy atom. The molecule has 104 valence electrons. The van der Waals surface area contributed by atoms with Gasteiger partial charge in [0, 0.05) is 11.6 Å². The van der Waals surface area contributed by atoms with Gasteiger partial charge in [-0.25, -0.2) is 0 Å². The van der Waals surface area contributed by atoms with Gasteiger partial charge in [0.2, 0.25) is 5.91 Å². The van der Waals surface area contributed by atoms with Crippen molar-refractivity contribution in [2.24, 2.45) is 5.92 Å². The highest BCUT2D eigenvalue weighted by molar-refractivity contribution is 5.94. The number of benzene rings is 2. The van der Waals surface area contributed by atoms with E-state index in [0.29, 0.717) is 0 Å². The topological polar surface area (TPSA) is 44.9 Å². The average molecular weight is 276 g/mol. The van der Waals surface area contributed by atoms with Crippen LogP contribution in [0.15, 0.2) is 54.6 Å². The van der Waals surface area contributed by atoms with Gasteiger partial charge in [-0.2, -0.15) is 0 Å². The third-order valence-electron chi connectivity index (χ3n) is 3.95. The minimum absolute atomic E-state index is 0.127. The summed E-state index contributed by atoms with van der Waals surface area (Å²) < 4.78 is 0. The summed E-state index contributed by atoms with van der Waals surface area (Å²) in [7, 11) is 0. The molecule has 1 saturated carbocycles. The fourth-order valence-electron chi connectivity index (χ4n) is 2.57. The number of nitrogens with one attached hydrogen (secondary N) is 2. The third-order valence-corrected chi connectivity index (χ3v) is 3.95. The highest BCUT2D eigenvalue weighted by atomic mass is 16.2. The highest BCUT2D eigenvalue weighted by Gasteiger charge is 2.29. The first-order valence-electron chi connectivity index (χ1n) is 7.29. The molecule has 1 amide bonds. The van der Waals surface area contributed by atoms with E-state index in [1.54, 1.807) is 0 Å². The van der Waals surface area contributed by atoms with Crippen LogP contribution >= 0.6 is 0 Å². The number of H-pyrrole nitrogens is 1. The van der Waals surface area contributed by atoms with Crippen molar-refractivity contribution in [1.29, 1.82) is 0 Å². The van der Waals surface area contributed by atoms with E-state index < -0.39 is 0 Å². The van der Waals surface area contributed by atoms with Crippen molar-refractivity contribution in [3.8, 4) is 11.3 Å². The van der Waals surface area contributed by atoms with E-state index in [9.17, 15) is 4.79 Å². The molecule has 3 nitrogen and oxygen atoms in total. The largest absolute Gasteiger partial charge is 0.341 e. The minimum Gasteiger partial charge on any atom is -0.341 e. The first kappa shape index (κ1) is 12.2. The Morgan fingerprint density at radius 2 is 1.81 bits per heavy atom. The van der Waals surface area contributed by atoms with Gasteiger partial charge in [-0.05, 0) is 47.4 Å². The lowest BCUT2D eigenvalue weighted by Crippen LogP contribution is -2.13. The zero-order valence-corrected chi connectivity index (χ0v) is 11.6. The Hall–Kier alpha value is -2.55. The maximum Gasteiger partial charge on any atom is 0.228 e. The summed E-state index contributed by atoms with van der Waals surface area (Å²) in [5.74, 6) is 1.12. The molecule has 0 atom stereocenters. The lowest BCUT2D eigenvalue weighted by atomic mass is 10.1. The summed E-state index contributed by atoms with van der Waals surface area (Å²) in [4.78, 5) is 15.0. The number of fused-ring (bicyclic) bond motifs is 1. The molecule has 0 spiro atoms. The Bertz CT molecular complexity index is 815. The Kier molecular flexibility index (Phi) is 2.78. The van der Waals surface area contributed by atoms with Gasteiger partial charge in [-0.15, -0.1) is 0 Å². The molecule has 0 radical (unpaired) electrons. The molecule has 3 heteroatoms. The van der Waals surface area contributed by atoms with Crippen molar-refractivity contribution in [3.05, 3.63) is 54.6 Å². The summed E-state index contributed by atoms with van der Waals surface area (Å²) in [5.41, 5.74) is 2.15. The van der Waals surface area contributed by atoms with Crippen LogP contribution in [0.25, 0.3) is 22.0 Å². The van der Waals surface area contributed by atoms with E-state index in [1.807, 2.05) is 24.3 Å². The van der Waals surface area contributed by atoms with Gasteiger partial charge in [-0.3, -0.25) is 4.79 Å². The Balaban J connectivity index is 1.62. The Morgan fingerprint density at radius 3 is 2.62 bits per heavy atom. The van der Waals surface area contributed by atoms with E-state index in [-0.39, 0.29) is 11.8 Å². The molecule has 0 saturated heterocycles. The van der Waals surface area contributed by atoms with Gasteiger partial charge < -0.3 is 10.3 Å². The van der Waals surface area contributed by atoms with Crippen molar-refractivity contribution in [1.82, 2.24) is 4.98 Å². The van der Waals surface area contributed by atoms with Crippen LogP contribution in [0, 0.1) is 5.92 Å². The van der Waals surface area contributed by atoms with Crippen LogP contribution in [0.2, 0.25) is 0 Å². The lowest BCUT2D eigenvalue weighted by molar-refractivity contribution is -0.117. The van der Waals surface area contributed by atoms with E-state index in [4.69, 9.17) is 0 Å². The molecule has 0 unspecified atom stereocenters. The van der Waals surface area contributed by atoms with Crippen molar-refractivity contribution in [3.63, 3.8) is 0 Å². The lowest BCUT2D eigenvalue weighted by Gasteiger charge is -2.03. The second-order valence-electron chi connectivity index (χ2n) is 5.61. The molecule has 3 aromatic rings. The van der Waals surface area contributed by atoms with E-state index >= 15 is 0 Å². The number of hydrogen-bond donors (Lipinski definition) is 2. The molecule has 2 N–H and O–H groups in total. The van der Waals surface area contributed by atoms with Gasteiger partial charge in [-0.1, -0.05) is 36.4 Å². The predicted molar refractivity (Wildman–Crippen MR) is 85.1 cm³/mol. The zero-order valence-electron chi connectivity index (χ0n) is 11.6. The molecule has 1 heterocycles. The SMILES string of the molecule is O=C(Nc1ccc(-c2ccc3ccccc3c2)[nH]1)C1CC1. The average Bonchev–Trinajstić information content (AvgIpc) is 3.27. The highest BCUT2D eigenvalue weighted by Crippen LogP contribution is 2.30. The second-order valence-corrected chi connectivity index (χ2v) is 5.61. The molecule has 1 fully saturated rings. The third kappa shape index (κ3) is 2.42. The number of amides is 1. The molecule has 2 aromatic carbocycles. The number of hydrogen-bond acceptors (Lipinski definition) is 1. The minimum atomic E-state index is 0.127. The summed E-state index contributed by atoms with van der Waals surface area (Å²) in [6.07, 6.45) is 2.04. The normalized spacial score (nSPS) is 14.3. The van der Waals surface area contributed by atoms with Gasteiger partial charge in [0.15, 0.2) is 0 Å². The van der Waals surface area contributed by atoms with Gasteiger partial charge >= 0.3 is 0 Å². The zero-order chi connectivity index (χ0) is 14.2. The first-order chi connectivity index (χ1) is 10.3. The number of anilines is 1. The molecule has 0 bridgehead atoms. The van der Waals surface area contributed by atoms with E-state index in [1.165, 1.54) is 10.8 Å². The van der Waals surface area contributed by atoms with Crippen molar-refractivity contribution in [2.75, 3.05) is 5.32 Å². The smallest absolute Gasteiger partial charge is 0.228 e. The maximum atomic E-state index is 11.8. The predicted octanol–water partition coefficient (Wildman–Crippen LogP) is 4.18. The molecule has 1 aromatic heterocycles. The van der Waals surface area contributed by atoms with Crippen LogP contribution in [-0.4, -0.2) is 10.9 Å². The van der Waals surface area contributed by atoms with Crippen LogP contribution in [-0.2, 0) is 4.79 Å². The molecule has 21 heavy (non-hydrogen) atoms. The van der Waals surface area contributed by atoms with Gasteiger partial charge in [0.05, 0.1) is 0 Å². The Labute approximate surface area is 123 Å². The fourth-order valence-corrected chi connectivity index (χ4v) is 2.57. The molecular formula is C18H16N2O. The van der Waals surface area contributed by atoms with Crippen LogP contribution in [0.5, 0.6) is 0 Å². The van der Waals surface area contributed by atoms with Gasteiger partial charge in [0.1, 0.15) is 5.82 Å². The fraction of sp³-hybridized carbons (Fsp3) is 0.167. The van der Waals surface area contributed by atoms with Crippen LogP contribution < -0.4 is 5.32 Å². The molecule has 0 aliphatic heterocycles. The number of rotatable bonds is 3. The number of aromatic nitrogens is 1. The molecular weight excluding hydrogens is 260 g/mol. The second kappa shape index (κ2) is 4.77. The number of carbonyl (C=O) groups is 1. The van der Waals surface area contributed by atoms with Crippen LogP contribution in [0.1, 0.15) is 12.8 Å². The van der Waals surface area contributed by atoms with Crippen LogP contribution in [0.4, 0.5) is 5.82 Å². The van der Waals surface area contributed by atoms with Crippen molar-refractivity contribution >= 4 is 22.5 Å². The first-order valence-corrected chi connectivity index (χ1v) is 7.29. The summed E-state index contributed by atoms with van der Waals surface area (Å²) >= 11 is 0. The quantitative estimate of drug-likeness (QED) is 0.740. The molecule has 4 rings (SSSR count). The molecule has 1 aliphatic rings. The van der Waals surface area contributed by atoms with Gasteiger partial charge in [0.25, 0.3) is 0 Å². The standard InChI is InChI=1S/C18H16N2O/c21-18(13-6-7-13)20-17-10-9-16(19-17)15-8-5-12-3-1-2-4-14(12)11-15/h1-5,8-11,13,19H,6-7H2,(H,20,21). The number of carbonyl (C=O) groups excluding carboxylic acids is 1. The summed E-state index contributed by atoms with van der Waals surface area (Å²) in [6.45, 7) is 0. The molecule has 1 aliphatic carbocycles. The summed E-state index contributed by atoms with van der Waals surface area (Å²) in [5, 5.41) is 5.38.